The number of thioether (sulfide) groups is 1. The lowest BCUT2D eigenvalue weighted by Gasteiger charge is -2.09. The molecule has 3 rings (SSSR count). The predicted octanol–water partition coefficient (Wildman–Crippen LogP) is 3.70. The molecule has 1 N–H and O–H groups in total. The molecule has 0 aliphatic carbocycles. The van der Waals surface area contributed by atoms with Crippen LogP contribution in [0.4, 0.5) is 4.39 Å². The standard InChI is InChI=1S/C18H20ClFN4O2S/c1-3-4-5-9-24-14-15(23(2)17(26)22-16(14)25)21-18(24)27-10-11-12(19)7-6-8-13(11)20/h6-8H,3-5,9-10H2,1-2H3,(H,22,25,26). The van der Waals surface area contributed by atoms with Gasteiger partial charge in [-0.25, -0.2) is 14.2 Å². The van der Waals surface area contributed by atoms with Gasteiger partial charge >= 0.3 is 5.69 Å². The quantitative estimate of drug-likeness (QED) is 0.476. The van der Waals surface area contributed by atoms with E-state index in [1.54, 1.807) is 19.2 Å². The number of fused-ring (bicyclic) bond motifs is 1. The molecular weight excluding hydrogens is 391 g/mol. The van der Waals surface area contributed by atoms with E-state index in [-0.39, 0.29) is 11.6 Å². The molecule has 9 heteroatoms. The van der Waals surface area contributed by atoms with Crippen molar-refractivity contribution >= 4 is 34.5 Å². The summed E-state index contributed by atoms with van der Waals surface area (Å²) in [7, 11) is 1.56. The van der Waals surface area contributed by atoms with Gasteiger partial charge < -0.3 is 4.57 Å². The second kappa shape index (κ2) is 8.31. The summed E-state index contributed by atoms with van der Waals surface area (Å²) < 4.78 is 17.2. The number of hydrogen-bond acceptors (Lipinski definition) is 4. The van der Waals surface area contributed by atoms with E-state index < -0.39 is 11.2 Å². The summed E-state index contributed by atoms with van der Waals surface area (Å²) in [6, 6.07) is 4.56. The van der Waals surface area contributed by atoms with Gasteiger partial charge in [-0.1, -0.05) is 49.2 Å². The van der Waals surface area contributed by atoms with E-state index in [2.05, 4.69) is 16.9 Å². The Kier molecular flexibility index (Phi) is 6.06. The number of imidazole rings is 1. The van der Waals surface area contributed by atoms with Crippen molar-refractivity contribution in [1.82, 2.24) is 19.1 Å². The highest BCUT2D eigenvalue weighted by Crippen LogP contribution is 2.29. The van der Waals surface area contributed by atoms with E-state index >= 15 is 0 Å². The number of nitrogens with zero attached hydrogens (tertiary/aromatic N) is 3. The number of nitrogens with one attached hydrogen (secondary N) is 1. The van der Waals surface area contributed by atoms with Gasteiger partial charge in [0.15, 0.2) is 16.3 Å². The molecular formula is C18H20ClFN4O2S. The van der Waals surface area contributed by atoms with Crippen LogP contribution in [0.25, 0.3) is 11.2 Å². The maximum Gasteiger partial charge on any atom is 0.329 e. The normalized spacial score (nSPS) is 11.4. The van der Waals surface area contributed by atoms with E-state index in [4.69, 9.17) is 11.6 Å². The third kappa shape index (κ3) is 3.96. The Balaban J connectivity index is 2.04. The van der Waals surface area contributed by atoms with E-state index in [9.17, 15) is 14.0 Å². The Morgan fingerprint density at radius 1 is 1.30 bits per heavy atom. The number of aryl methyl sites for hydroxylation is 2. The highest BCUT2D eigenvalue weighted by atomic mass is 35.5. The molecule has 0 bridgehead atoms. The first-order valence-corrected chi connectivity index (χ1v) is 10.1. The van der Waals surface area contributed by atoms with Crippen molar-refractivity contribution in [3.8, 4) is 0 Å². The minimum Gasteiger partial charge on any atom is -0.313 e. The van der Waals surface area contributed by atoms with Crippen LogP contribution in [-0.2, 0) is 19.3 Å². The number of H-pyrrole nitrogens is 1. The van der Waals surface area contributed by atoms with Crippen molar-refractivity contribution in [1.29, 1.82) is 0 Å². The Labute approximate surface area is 164 Å². The fraction of sp³-hybridized carbons (Fsp3) is 0.389. The first-order valence-electron chi connectivity index (χ1n) is 8.69. The topological polar surface area (TPSA) is 72.7 Å². The van der Waals surface area contributed by atoms with Crippen LogP contribution in [0.15, 0.2) is 32.9 Å². The van der Waals surface area contributed by atoms with E-state index in [1.165, 1.54) is 22.4 Å². The van der Waals surface area contributed by atoms with Crippen molar-refractivity contribution in [2.45, 2.75) is 43.6 Å². The summed E-state index contributed by atoms with van der Waals surface area (Å²) in [4.78, 5) is 31.1. The summed E-state index contributed by atoms with van der Waals surface area (Å²) in [5, 5.41) is 0.911. The van der Waals surface area contributed by atoms with Gasteiger partial charge in [-0.2, -0.15) is 0 Å². The first kappa shape index (κ1) is 19.7. The lowest BCUT2D eigenvalue weighted by molar-refractivity contribution is 0.577. The second-order valence-electron chi connectivity index (χ2n) is 6.23. The molecule has 1 aromatic carbocycles. The van der Waals surface area contributed by atoms with Gasteiger partial charge in [0.25, 0.3) is 5.56 Å². The van der Waals surface area contributed by atoms with E-state index in [1.807, 2.05) is 4.57 Å². The van der Waals surface area contributed by atoms with Gasteiger partial charge in [0.2, 0.25) is 0 Å². The third-order valence-electron chi connectivity index (χ3n) is 4.36. The average Bonchev–Trinajstić information content (AvgIpc) is 2.99. The molecule has 0 aliphatic rings. The molecule has 0 radical (unpaired) electrons. The van der Waals surface area contributed by atoms with Gasteiger partial charge in [0, 0.05) is 29.9 Å². The van der Waals surface area contributed by atoms with Crippen LogP contribution in [0.3, 0.4) is 0 Å². The number of rotatable bonds is 7. The molecule has 6 nitrogen and oxygen atoms in total. The number of aromatic amines is 1. The lowest BCUT2D eigenvalue weighted by Crippen LogP contribution is -2.29. The third-order valence-corrected chi connectivity index (χ3v) is 5.72. The number of benzene rings is 1. The highest BCUT2D eigenvalue weighted by Gasteiger charge is 2.18. The minimum atomic E-state index is -0.514. The van der Waals surface area contributed by atoms with Gasteiger partial charge in [-0.05, 0) is 18.6 Å². The summed E-state index contributed by atoms with van der Waals surface area (Å²) in [5.74, 6) is -0.108. The first-order chi connectivity index (χ1) is 12.9. The van der Waals surface area contributed by atoms with Crippen molar-refractivity contribution in [2.75, 3.05) is 0 Å². The Morgan fingerprint density at radius 2 is 2.07 bits per heavy atom. The molecule has 0 aliphatic heterocycles. The Bertz CT molecular complexity index is 1070. The zero-order valence-electron chi connectivity index (χ0n) is 15.1. The highest BCUT2D eigenvalue weighted by molar-refractivity contribution is 7.98. The maximum atomic E-state index is 14.1. The number of aromatic nitrogens is 4. The summed E-state index contributed by atoms with van der Waals surface area (Å²) in [6.07, 6.45) is 2.92. The van der Waals surface area contributed by atoms with Crippen molar-refractivity contribution in [3.63, 3.8) is 0 Å². The lowest BCUT2D eigenvalue weighted by atomic mass is 10.2. The van der Waals surface area contributed by atoms with Crippen molar-refractivity contribution < 1.29 is 4.39 Å². The Hall–Kier alpha value is -2.06. The molecule has 2 aromatic heterocycles. The maximum absolute atomic E-state index is 14.1. The molecule has 0 saturated heterocycles. The summed E-state index contributed by atoms with van der Waals surface area (Å²) in [6.45, 7) is 2.69. The summed E-state index contributed by atoms with van der Waals surface area (Å²) in [5.41, 5.74) is 0.0871. The van der Waals surface area contributed by atoms with Gasteiger partial charge in [-0.3, -0.25) is 14.3 Å². The molecule has 2 heterocycles. The fourth-order valence-corrected chi connectivity index (χ4v) is 4.22. The molecule has 0 spiro atoms. The van der Waals surface area contributed by atoms with E-state index in [0.717, 1.165) is 19.3 Å². The molecule has 144 valence electrons. The molecule has 0 unspecified atom stereocenters. The zero-order valence-corrected chi connectivity index (χ0v) is 16.7. The largest absolute Gasteiger partial charge is 0.329 e. The van der Waals surface area contributed by atoms with Crippen LogP contribution in [0.2, 0.25) is 5.02 Å². The van der Waals surface area contributed by atoms with Crippen LogP contribution >= 0.6 is 23.4 Å². The van der Waals surface area contributed by atoms with Crippen LogP contribution in [0.5, 0.6) is 0 Å². The molecule has 0 atom stereocenters. The Morgan fingerprint density at radius 3 is 2.78 bits per heavy atom. The minimum absolute atomic E-state index is 0.272. The van der Waals surface area contributed by atoms with Crippen molar-refractivity contribution in [2.24, 2.45) is 7.05 Å². The van der Waals surface area contributed by atoms with Crippen LogP contribution in [-0.4, -0.2) is 19.1 Å². The smallest absolute Gasteiger partial charge is 0.313 e. The van der Waals surface area contributed by atoms with Gasteiger partial charge in [-0.15, -0.1) is 0 Å². The van der Waals surface area contributed by atoms with Gasteiger partial charge in [0.1, 0.15) is 5.82 Å². The molecule has 3 aromatic rings. The fourth-order valence-electron chi connectivity index (χ4n) is 2.86. The second-order valence-corrected chi connectivity index (χ2v) is 7.58. The monoisotopic (exact) mass is 410 g/mol. The average molecular weight is 411 g/mol. The van der Waals surface area contributed by atoms with E-state index in [0.29, 0.717) is 33.5 Å². The summed E-state index contributed by atoms with van der Waals surface area (Å²) >= 11 is 7.40. The predicted molar refractivity (Wildman–Crippen MR) is 106 cm³/mol. The SMILES string of the molecule is CCCCCn1c(SCc2c(F)cccc2Cl)nc2c1c(=O)[nH]c(=O)n2C. The van der Waals surface area contributed by atoms with Crippen LogP contribution in [0, 0.1) is 5.82 Å². The van der Waals surface area contributed by atoms with Gasteiger partial charge in [0.05, 0.1) is 0 Å². The molecule has 0 amide bonds. The van der Waals surface area contributed by atoms with Crippen LogP contribution in [0.1, 0.15) is 31.7 Å². The number of unbranched alkanes of at least 4 members (excludes halogenated alkanes) is 2. The van der Waals surface area contributed by atoms with Crippen molar-refractivity contribution in [3.05, 3.63) is 55.4 Å². The number of hydrogen-bond donors (Lipinski definition) is 1. The molecule has 0 fully saturated rings. The number of halogens is 2. The molecule has 27 heavy (non-hydrogen) atoms. The molecule has 0 saturated carbocycles. The zero-order chi connectivity index (χ0) is 19.6. The van der Waals surface area contributed by atoms with Crippen LogP contribution < -0.4 is 11.2 Å².